The SMILES string of the molecule is CC1CN(CCCCCCl)CCCO1. The molecule has 1 unspecified atom stereocenters. The minimum Gasteiger partial charge on any atom is -0.377 e. The first kappa shape index (κ1) is 12.3. The molecule has 1 rings (SSSR count). The van der Waals surface area contributed by atoms with E-state index in [1.807, 2.05) is 0 Å². The van der Waals surface area contributed by atoms with Gasteiger partial charge < -0.3 is 9.64 Å². The molecule has 0 bridgehead atoms. The molecule has 2 nitrogen and oxygen atoms in total. The fraction of sp³-hybridized carbons (Fsp3) is 1.00. The van der Waals surface area contributed by atoms with Gasteiger partial charge in [0.05, 0.1) is 6.10 Å². The van der Waals surface area contributed by atoms with Crippen LogP contribution in [0.5, 0.6) is 0 Å². The van der Waals surface area contributed by atoms with E-state index < -0.39 is 0 Å². The van der Waals surface area contributed by atoms with E-state index in [1.165, 1.54) is 32.4 Å². The van der Waals surface area contributed by atoms with Crippen LogP contribution in [0.1, 0.15) is 32.6 Å². The molecule has 0 N–H and O–H groups in total. The Morgan fingerprint density at radius 1 is 1.36 bits per heavy atom. The van der Waals surface area contributed by atoms with Gasteiger partial charge in [-0.05, 0) is 32.7 Å². The van der Waals surface area contributed by atoms with Crippen molar-refractivity contribution >= 4 is 11.6 Å². The lowest BCUT2D eigenvalue weighted by Crippen LogP contribution is -2.31. The van der Waals surface area contributed by atoms with Crippen molar-refractivity contribution in [2.45, 2.75) is 38.7 Å². The van der Waals surface area contributed by atoms with Crippen molar-refractivity contribution in [2.24, 2.45) is 0 Å². The van der Waals surface area contributed by atoms with Gasteiger partial charge in [-0.1, -0.05) is 6.42 Å². The molecule has 14 heavy (non-hydrogen) atoms. The zero-order valence-electron chi connectivity index (χ0n) is 9.17. The summed E-state index contributed by atoms with van der Waals surface area (Å²) in [6.07, 6.45) is 5.28. The molecule has 1 aliphatic rings. The van der Waals surface area contributed by atoms with Crippen molar-refractivity contribution in [3.8, 4) is 0 Å². The third-order valence-electron chi connectivity index (χ3n) is 2.64. The van der Waals surface area contributed by atoms with Gasteiger partial charge in [-0.2, -0.15) is 0 Å². The Hall–Kier alpha value is 0.210. The van der Waals surface area contributed by atoms with E-state index in [1.54, 1.807) is 0 Å². The summed E-state index contributed by atoms with van der Waals surface area (Å²) >= 11 is 5.64. The van der Waals surface area contributed by atoms with E-state index >= 15 is 0 Å². The molecule has 1 fully saturated rings. The molecule has 0 saturated carbocycles. The van der Waals surface area contributed by atoms with Crippen LogP contribution in [0, 0.1) is 0 Å². The van der Waals surface area contributed by atoms with Crippen LogP contribution in [0.3, 0.4) is 0 Å². The Bertz CT molecular complexity index is 143. The number of ether oxygens (including phenoxy) is 1. The topological polar surface area (TPSA) is 12.5 Å². The lowest BCUT2D eigenvalue weighted by atomic mass is 10.2. The minimum atomic E-state index is 0.408. The maximum absolute atomic E-state index is 5.64. The van der Waals surface area contributed by atoms with Crippen LogP contribution in [-0.4, -0.2) is 43.1 Å². The van der Waals surface area contributed by atoms with Gasteiger partial charge in [0.1, 0.15) is 0 Å². The van der Waals surface area contributed by atoms with Crippen LogP contribution in [-0.2, 0) is 4.74 Å². The number of hydrogen-bond donors (Lipinski definition) is 0. The summed E-state index contributed by atoms with van der Waals surface area (Å²) < 4.78 is 5.60. The van der Waals surface area contributed by atoms with E-state index in [0.717, 1.165) is 25.5 Å². The van der Waals surface area contributed by atoms with Crippen molar-refractivity contribution in [3.63, 3.8) is 0 Å². The molecule has 1 aliphatic heterocycles. The van der Waals surface area contributed by atoms with Gasteiger partial charge in [0.25, 0.3) is 0 Å². The fourth-order valence-corrected chi connectivity index (χ4v) is 2.08. The average Bonchev–Trinajstić information content (AvgIpc) is 2.38. The highest BCUT2D eigenvalue weighted by Gasteiger charge is 2.13. The van der Waals surface area contributed by atoms with Crippen molar-refractivity contribution in [1.29, 1.82) is 0 Å². The Labute approximate surface area is 92.6 Å². The number of hydrogen-bond acceptors (Lipinski definition) is 2. The highest BCUT2D eigenvalue weighted by molar-refractivity contribution is 6.17. The largest absolute Gasteiger partial charge is 0.377 e. The van der Waals surface area contributed by atoms with Crippen LogP contribution in [0.4, 0.5) is 0 Å². The van der Waals surface area contributed by atoms with Crippen LogP contribution >= 0.6 is 11.6 Å². The maximum Gasteiger partial charge on any atom is 0.0673 e. The molecule has 0 amide bonds. The van der Waals surface area contributed by atoms with Crippen molar-refractivity contribution < 1.29 is 4.74 Å². The van der Waals surface area contributed by atoms with E-state index in [4.69, 9.17) is 16.3 Å². The highest BCUT2D eigenvalue weighted by atomic mass is 35.5. The lowest BCUT2D eigenvalue weighted by molar-refractivity contribution is 0.0675. The van der Waals surface area contributed by atoms with Gasteiger partial charge in [-0.25, -0.2) is 0 Å². The smallest absolute Gasteiger partial charge is 0.0673 e. The monoisotopic (exact) mass is 219 g/mol. The number of alkyl halides is 1. The maximum atomic E-state index is 5.64. The fourth-order valence-electron chi connectivity index (χ4n) is 1.89. The molecule has 1 atom stereocenters. The summed E-state index contributed by atoms with van der Waals surface area (Å²) in [5, 5.41) is 0. The van der Waals surface area contributed by atoms with E-state index in [-0.39, 0.29) is 0 Å². The number of unbranched alkanes of at least 4 members (excludes halogenated alkanes) is 2. The summed E-state index contributed by atoms with van der Waals surface area (Å²) in [7, 11) is 0. The van der Waals surface area contributed by atoms with Gasteiger partial charge in [0.2, 0.25) is 0 Å². The van der Waals surface area contributed by atoms with Crippen LogP contribution in [0.15, 0.2) is 0 Å². The average molecular weight is 220 g/mol. The predicted octanol–water partition coefficient (Wildman–Crippen LogP) is 2.51. The van der Waals surface area contributed by atoms with Crippen LogP contribution in [0.2, 0.25) is 0 Å². The standard InChI is InChI=1S/C11H22ClNO/c1-11-10-13(8-5-9-14-11)7-4-2-3-6-12/h11H,2-10H2,1H3. The van der Waals surface area contributed by atoms with Gasteiger partial charge in [0.15, 0.2) is 0 Å². The van der Waals surface area contributed by atoms with Crippen LogP contribution < -0.4 is 0 Å². The molecule has 0 radical (unpaired) electrons. The second-order valence-electron chi connectivity index (χ2n) is 4.09. The van der Waals surface area contributed by atoms with E-state index in [2.05, 4.69) is 11.8 Å². The summed E-state index contributed by atoms with van der Waals surface area (Å²) in [6, 6.07) is 0. The first-order valence-corrected chi connectivity index (χ1v) is 6.26. The van der Waals surface area contributed by atoms with Gasteiger partial charge in [-0.3, -0.25) is 0 Å². The summed E-state index contributed by atoms with van der Waals surface area (Å²) in [5.41, 5.74) is 0. The van der Waals surface area contributed by atoms with E-state index in [0.29, 0.717) is 6.10 Å². The highest BCUT2D eigenvalue weighted by Crippen LogP contribution is 2.07. The quantitative estimate of drug-likeness (QED) is 0.521. The molecule has 84 valence electrons. The lowest BCUT2D eigenvalue weighted by Gasteiger charge is -2.21. The Morgan fingerprint density at radius 2 is 2.21 bits per heavy atom. The molecule has 1 heterocycles. The van der Waals surface area contributed by atoms with Crippen molar-refractivity contribution in [1.82, 2.24) is 4.90 Å². The van der Waals surface area contributed by atoms with Gasteiger partial charge in [-0.15, -0.1) is 11.6 Å². The summed E-state index contributed by atoms with van der Waals surface area (Å²) in [4.78, 5) is 2.52. The van der Waals surface area contributed by atoms with Crippen molar-refractivity contribution in [2.75, 3.05) is 32.1 Å². The molecular weight excluding hydrogens is 198 g/mol. The summed E-state index contributed by atoms with van der Waals surface area (Å²) in [6.45, 7) is 6.60. The molecule has 3 heteroatoms. The first-order valence-electron chi connectivity index (χ1n) is 5.73. The van der Waals surface area contributed by atoms with Crippen LogP contribution in [0.25, 0.3) is 0 Å². The number of nitrogens with zero attached hydrogens (tertiary/aromatic N) is 1. The third kappa shape index (κ3) is 5.18. The van der Waals surface area contributed by atoms with E-state index in [9.17, 15) is 0 Å². The Kier molecular flexibility index (Phi) is 6.57. The summed E-state index contributed by atoms with van der Waals surface area (Å²) in [5.74, 6) is 0.805. The molecular formula is C11H22ClNO. The van der Waals surface area contributed by atoms with Crippen molar-refractivity contribution in [3.05, 3.63) is 0 Å². The van der Waals surface area contributed by atoms with Gasteiger partial charge >= 0.3 is 0 Å². The molecule has 0 aromatic rings. The second-order valence-corrected chi connectivity index (χ2v) is 4.46. The van der Waals surface area contributed by atoms with Gasteiger partial charge in [0, 0.05) is 25.6 Å². The minimum absolute atomic E-state index is 0.408. The Balaban J connectivity index is 2.09. The zero-order chi connectivity index (χ0) is 10.2. The molecule has 0 aromatic carbocycles. The zero-order valence-corrected chi connectivity index (χ0v) is 9.93. The molecule has 0 aliphatic carbocycles. The number of halogens is 1. The molecule has 0 spiro atoms. The number of rotatable bonds is 5. The third-order valence-corrected chi connectivity index (χ3v) is 2.91. The molecule has 1 saturated heterocycles. The Morgan fingerprint density at radius 3 is 3.00 bits per heavy atom. The first-order chi connectivity index (χ1) is 6.83. The second kappa shape index (κ2) is 7.49. The normalized spacial score (nSPS) is 24.9. The predicted molar refractivity (Wildman–Crippen MR) is 61.0 cm³/mol. The molecule has 0 aromatic heterocycles.